The van der Waals surface area contributed by atoms with Gasteiger partial charge >= 0.3 is 0 Å². The van der Waals surface area contributed by atoms with Crippen LogP contribution >= 0.6 is 0 Å². The van der Waals surface area contributed by atoms with Gasteiger partial charge in [0.25, 0.3) is 10.1 Å². The maximum Gasteiger partial charge on any atom is 0.264 e. The molecule has 0 radical (unpaired) electrons. The zero-order valence-electron chi connectivity index (χ0n) is 13.4. The number of benzene rings is 1. The monoisotopic (exact) mass is 345 g/mol. The molecule has 0 aromatic heterocycles. The van der Waals surface area contributed by atoms with Crippen molar-refractivity contribution in [3.05, 3.63) is 24.3 Å². The molecule has 0 aliphatic carbocycles. The van der Waals surface area contributed by atoms with E-state index in [1.807, 2.05) is 6.92 Å². The van der Waals surface area contributed by atoms with Crippen LogP contribution in [0.25, 0.3) is 0 Å². The van der Waals surface area contributed by atoms with E-state index in [-0.39, 0.29) is 19.1 Å². The Kier molecular flexibility index (Phi) is 8.60. The van der Waals surface area contributed by atoms with Gasteiger partial charge in [-0.1, -0.05) is 0 Å². The van der Waals surface area contributed by atoms with Crippen LogP contribution in [0.1, 0.15) is 19.8 Å². The number of hydrogen-bond donors (Lipinski definition) is 1. The Morgan fingerprint density at radius 2 is 1.83 bits per heavy atom. The molecular formula is C15H23NO6S. The molecule has 8 heteroatoms. The van der Waals surface area contributed by atoms with Gasteiger partial charge in [-0.05, 0) is 37.6 Å². The number of nitrogens with one attached hydrogen (secondary N) is 1. The minimum absolute atomic E-state index is 0.0445. The van der Waals surface area contributed by atoms with Crippen molar-refractivity contribution in [2.24, 2.45) is 0 Å². The van der Waals surface area contributed by atoms with E-state index in [9.17, 15) is 13.2 Å². The van der Waals surface area contributed by atoms with E-state index in [1.54, 1.807) is 24.3 Å². The molecule has 23 heavy (non-hydrogen) atoms. The largest absolute Gasteiger partial charge is 0.491 e. The van der Waals surface area contributed by atoms with Crippen molar-refractivity contribution >= 4 is 21.7 Å². The average Bonchev–Trinajstić information content (AvgIpc) is 2.49. The molecule has 1 rings (SSSR count). The number of anilines is 1. The van der Waals surface area contributed by atoms with Crippen LogP contribution in [-0.2, 0) is 23.8 Å². The van der Waals surface area contributed by atoms with Crippen LogP contribution in [0.5, 0.6) is 5.75 Å². The zero-order chi connectivity index (χ0) is 17.1. The van der Waals surface area contributed by atoms with Crippen LogP contribution in [0, 0.1) is 0 Å². The molecule has 1 amide bonds. The van der Waals surface area contributed by atoms with E-state index in [0.29, 0.717) is 37.5 Å². The molecule has 0 aliphatic rings. The van der Waals surface area contributed by atoms with Gasteiger partial charge in [-0.25, -0.2) is 0 Å². The predicted octanol–water partition coefficient (Wildman–Crippen LogP) is 1.80. The summed E-state index contributed by atoms with van der Waals surface area (Å²) in [5, 5.41) is 2.78. The molecule has 1 N–H and O–H groups in total. The fourth-order valence-corrected chi connectivity index (χ4v) is 2.05. The van der Waals surface area contributed by atoms with Crippen molar-refractivity contribution in [1.82, 2.24) is 0 Å². The standard InChI is InChI=1S/C15H23NO6S/c1-3-20-10-4-5-15(17)16-13-6-8-14(9-7-13)21-11-12-22-23(2,18)19/h6-9H,3-5,10-12H2,1-2H3,(H,16,17). The fourth-order valence-electron chi connectivity index (χ4n) is 1.68. The summed E-state index contributed by atoms with van der Waals surface area (Å²) in [6, 6.07) is 6.81. The van der Waals surface area contributed by atoms with Gasteiger partial charge < -0.3 is 14.8 Å². The molecule has 0 aliphatic heterocycles. The normalized spacial score (nSPS) is 11.2. The van der Waals surface area contributed by atoms with E-state index < -0.39 is 10.1 Å². The van der Waals surface area contributed by atoms with Crippen LogP contribution in [0.15, 0.2) is 24.3 Å². The Labute approximate surface area is 137 Å². The predicted molar refractivity (Wildman–Crippen MR) is 87.1 cm³/mol. The number of ether oxygens (including phenoxy) is 2. The van der Waals surface area contributed by atoms with Crippen LogP contribution < -0.4 is 10.1 Å². The highest BCUT2D eigenvalue weighted by Crippen LogP contribution is 2.16. The summed E-state index contributed by atoms with van der Waals surface area (Å²) >= 11 is 0. The highest BCUT2D eigenvalue weighted by Gasteiger charge is 2.04. The van der Waals surface area contributed by atoms with Crippen LogP contribution in [-0.4, -0.2) is 47.0 Å². The van der Waals surface area contributed by atoms with E-state index in [4.69, 9.17) is 9.47 Å². The van der Waals surface area contributed by atoms with Gasteiger partial charge in [0.2, 0.25) is 5.91 Å². The summed E-state index contributed by atoms with van der Waals surface area (Å²) in [6.45, 7) is 3.22. The third-order valence-electron chi connectivity index (χ3n) is 2.68. The van der Waals surface area contributed by atoms with Gasteiger partial charge in [-0.15, -0.1) is 0 Å². The molecule has 130 valence electrons. The fraction of sp³-hybridized carbons (Fsp3) is 0.533. The molecule has 0 atom stereocenters. The highest BCUT2D eigenvalue weighted by atomic mass is 32.2. The maximum absolute atomic E-state index is 11.7. The molecular weight excluding hydrogens is 322 g/mol. The first-order chi connectivity index (χ1) is 10.9. The molecule has 0 saturated carbocycles. The highest BCUT2D eigenvalue weighted by molar-refractivity contribution is 7.85. The topological polar surface area (TPSA) is 90.9 Å². The Morgan fingerprint density at radius 1 is 1.13 bits per heavy atom. The molecule has 0 spiro atoms. The summed E-state index contributed by atoms with van der Waals surface area (Å²) in [5.74, 6) is 0.497. The van der Waals surface area contributed by atoms with Crippen molar-refractivity contribution in [3.8, 4) is 5.75 Å². The molecule has 0 fully saturated rings. The molecule has 1 aromatic rings. The Morgan fingerprint density at radius 3 is 2.43 bits per heavy atom. The van der Waals surface area contributed by atoms with Crippen LogP contribution in [0.2, 0.25) is 0 Å². The molecule has 0 unspecified atom stereocenters. The smallest absolute Gasteiger partial charge is 0.264 e. The van der Waals surface area contributed by atoms with E-state index in [1.165, 1.54) is 0 Å². The second-order valence-electron chi connectivity index (χ2n) is 4.75. The minimum Gasteiger partial charge on any atom is -0.491 e. The van der Waals surface area contributed by atoms with Gasteiger partial charge in [-0.3, -0.25) is 8.98 Å². The first-order valence-electron chi connectivity index (χ1n) is 7.35. The zero-order valence-corrected chi connectivity index (χ0v) is 14.2. The lowest BCUT2D eigenvalue weighted by Crippen LogP contribution is -2.12. The summed E-state index contributed by atoms with van der Waals surface area (Å²) in [5.41, 5.74) is 0.672. The number of hydrogen-bond acceptors (Lipinski definition) is 6. The lowest BCUT2D eigenvalue weighted by atomic mass is 10.2. The minimum atomic E-state index is -3.45. The molecule has 0 heterocycles. The molecule has 1 aromatic carbocycles. The van der Waals surface area contributed by atoms with Gasteiger partial charge in [0.1, 0.15) is 19.0 Å². The number of carbonyl (C=O) groups excluding carboxylic acids is 1. The number of amides is 1. The van der Waals surface area contributed by atoms with E-state index in [0.717, 1.165) is 6.26 Å². The summed E-state index contributed by atoms with van der Waals surface area (Å²) in [4.78, 5) is 11.7. The Bertz CT molecular complexity index is 570. The second kappa shape index (κ2) is 10.2. The van der Waals surface area contributed by atoms with Gasteiger partial charge in [-0.2, -0.15) is 8.42 Å². The van der Waals surface area contributed by atoms with E-state index in [2.05, 4.69) is 9.50 Å². The lowest BCUT2D eigenvalue weighted by Gasteiger charge is -2.08. The summed E-state index contributed by atoms with van der Waals surface area (Å²) in [7, 11) is -3.45. The Hall–Kier alpha value is -1.64. The first-order valence-corrected chi connectivity index (χ1v) is 9.17. The van der Waals surface area contributed by atoms with Crippen LogP contribution in [0.4, 0.5) is 5.69 Å². The maximum atomic E-state index is 11.7. The van der Waals surface area contributed by atoms with E-state index >= 15 is 0 Å². The molecule has 7 nitrogen and oxygen atoms in total. The Balaban J connectivity index is 2.28. The van der Waals surface area contributed by atoms with Crippen molar-refractivity contribution in [3.63, 3.8) is 0 Å². The lowest BCUT2D eigenvalue weighted by molar-refractivity contribution is -0.116. The average molecular weight is 345 g/mol. The van der Waals surface area contributed by atoms with Crippen molar-refractivity contribution < 1.29 is 26.9 Å². The van der Waals surface area contributed by atoms with Crippen molar-refractivity contribution in [1.29, 1.82) is 0 Å². The van der Waals surface area contributed by atoms with Crippen molar-refractivity contribution in [2.75, 3.05) is 38.0 Å². The molecule has 0 saturated heterocycles. The molecule has 0 bridgehead atoms. The quantitative estimate of drug-likeness (QED) is 0.486. The second-order valence-corrected chi connectivity index (χ2v) is 6.39. The summed E-state index contributed by atoms with van der Waals surface area (Å²) < 4.78 is 36.6. The third-order valence-corrected chi connectivity index (χ3v) is 3.28. The van der Waals surface area contributed by atoms with Gasteiger partial charge in [0.15, 0.2) is 0 Å². The first kappa shape index (κ1) is 19.4. The SMILES string of the molecule is CCOCCCC(=O)Nc1ccc(OCCOS(C)(=O)=O)cc1. The van der Waals surface area contributed by atoms with Crippen molar-refractivity contribution in [2.45, 2.75) is 19.8 Å². The number of rotatable bonds is 11. The van der Waals surface area contributed by atoms with Gasteiger partial charge in [0, 0.05) is 25.3 Å². The number of carbonyl (C=O) groups is 1. The third kappa shape index (κ3) is 9.88. The van der Waals surface area contributed by atoms with Crippen LogP contribution in [0.3, 0.4) is 0 Å². The van der Waals surface area contributed by atoms with Gasteiger partial charge in [0.05, 0.1) is 6.26 Å². The summed E-state index contributed by atoms with van der Waals surface area (Å²) in [6.07, 6.45) is 2.07.